The van der Waals surface area contributed by atoms with Gasteiger partial charge in [-0.3, -0.25) is 0 Å². The second kappa shape index (κ2) is 5.34. The molecule has 0 aliphatic heterocycles. The average molecular weight is 251 g/mol. The lowest BCUT2D eigenvalue weighted by molar-refractivity contribution is 0.204. The van der Waals surface area contributed by atoms with Gasteiger partial charge in [-0.2, -0.15) is 0 Å². The molecule has 1 aromatic heterocycles. The Hall–Kier alpha value is -1.32. The fourth-order valence-electron chi connectivity index (χ4n) is 1.83. The van der Waals surface area contributed by atoms with Gasteiger partial charge in [0.1, 0.15) is 11.9 Å². The van der Waals surface area contributed by atoms with Crippen molar-refractivity contribution in [2.24, 2.45) is 0 Å². The van der Waals surface area contributed by atoms with Crippen LogP contribution >= 0.6 is 11.6 Å². The molecule has 1 heterocycles. The number of aliphatic hydroxyl groups is 1. The Morgan fingerprint density at radius 1 is 1.41 bits per heavy atom. The number of halogens is 1. The highest BCUT2D eigenvalue weighted by molar-refractivity contribution is 6.31. The van der Waals surface area contributed by atoms with E-state index in [-0.39, 0.29) is 0 Å². The van der Waals surface area contributed by atoms with E-state index in [0.717, 1.165) is 13.0 Å². The van der Waals surface area contributed by atoms with Crippen molar-refractivity contribution < 1.29 is 5.11 Å². The first-order valence-corrected chi connectivity index (χ1v) is 6.05. The van der Waals surface area contributed by atoms with E-state index in [1.54, 1.807) is 12.3 Å². The summed E-state index contributed by atoms with van der Waals surface area (Å²) in [6.07, 6.45) is 3.80. The van der Waals surface area contributed by atoms with Gasteiger partial charge in [-0.15, -0.1) is 0 Å². The highest BCUT2D eigenvalue weighted by Crippen LogP contribution is 2.27. The van der Waals surface area contributed by atoms with Crippen LogP contribution in [-0.2, 0) is 6.54 Å². The topological polar surface area (TPSA) is 38.0 Å². The Balaban J connectivity index is 2.34. The van der Waals surface area contributed by atoms with Gasteiger partial charge in [-0.1, -0.05) is 36.7 Å². The zero-order chi connectivity index (χ0) is 12.3. The van der Waals surface area contributed by atoms with Gasteiger partial charge in [0, 0.05) is 29.5 Å². The van der Waals surface area contributed by atoms with Crippen molar-refractivity contribution in [3.63, 3.8) is 0 Å². The predicted octanol–water partition coefficient (Wildman–Crippen LogP) is 3.03. The van der Waals surface area contributed by atoms with E-state index in [9.17, 15) is 5.11 Å². The van der Waals surface area contributed by atoms with E-state index in [1.807, 2.05) is 29.0 Å². The molecule has 1 aromatic carbocycles. The van der Waals surface area contributed by atoms with Crippen LogP contribution in [0, 0.1) is 0 Å². The first kappa shape index (κ1) is 12.1. The molecule has 0 radical (unpaired) electrons. The molecule has 17 heavy (non-hydrogen) atoms. The van der Waals surface area contributed by atoms with Crippen molar-refractivity contribution >= 4 is 11.6 Å². The molecule has 0 amide bonds. The van der Waals surface area contributed by atoms with Crippen LogP contribution in [0.1, 0.15) is 30.8 Å². The number of hydrogen-bond acceptors (Lipinski definition) is 2. The molecule has 2 aromatic rings. The zero-order valence-electron chi connectivity index (χ0n) is 9.68. The lowest BCUT2D eigenvalue weighted by Gasteiger charge is -2.14. The third kappa shape index (κ3) is 2.51. The second-order valence-corrected chi connectivity index (χ2v) is 4.31. The Kier molecular flexibility index (Phi) is 3.82. The number of aliphatic hydroxyl groups excluding tert-OH is 1. The predicted molar refractivity (Wildman–Crippen MR) is 68.0 cm³/mol. The van der Waals surface area contributed by atoms with Gasteiger partial charge >= 0.3 is 0 Å². The van der Waals surface area contributed by atoms with Crippen molar-refractivity contribution in [2.45, 2.75) is 26.0 Å². The number of rotatable bonds is 4. The van der Waals surface area contributed by atoms with Crippen LogP contribution in [-0.4, -0.2) is 14.7 Å². The number of imidazole rings is 1. The number of nitrogens with zero attached hydrogens (tertiary/aromatic N) is 2. The fourth-order valence-corrected chi connectivity index (χ4v) is 2.07. The average Bonchev–Trinajstić information content (AvgIpc) is 2.78. The summed E-state index contributed by atoms with van der Waals surface area (Å²) in [7, 11) is 0. The van der Waals surface area contributed by atoms with Gasteiger partial charge in [-0.05, 0) is 12.5 Å². The van der Waals surface area contributed by atoms with Gasteiger partial charge in [0.2, 0.25) is 0 Å². The Labute approximate surface area is 106 Å². The molecule has 0 spiro atoms. The van der Waals surface area contributed by atoms with Crippen molar-refractivity contribution in [3.05, 3.63) is 53.1 Å². The largest absolute Gasteiger partial charge is 0.380 e. The van der Waals surface area contributed by atoms with Crippen LogP contribution in [0.5, 0.6) is 0 Å². The second-order valence-electron chi connectivity index (χ2n) is 3.90. The lowest BCUT2D eigenvalue weighted by atomic mass is 10.1. The molecule has 0 saturated carbocycles. The van der Waals surface area contributed by atoms with Crippen LogP contribution in [0.15, 0.2) is 36.7 Å². The van der Waals surface area contributed by atoms with Crippen LogP contribution in [0.25, 0.3) is 0 Å². The highest BCUT2D eigenvalue weighted by atomic mass is 35.5. The van der Waals surface area contributed by atoms with Crippen molar-refractivity contribution in [1.29, 1.82) is 0 Å². The highest BCUT2D eigenvalue weighted by Gasteiger charge is 2.17. The van der Waals surface area contributed by atoms with Crippen LogP contribution in [0.3, 0.4) is 0 Å². The minimum Gasteiger partial charge on any atom is -0.380 e. The number of benzene rings is 1. The Morgan fingerprint density at radius 3 is 2.88 bits per heavy atom. The smallest absolute Gasteiger partial charge is 0.142 e. The third-order valence-corrected chi connectivity index (χ3v) is 3.00. The Morgan fingerprint density at radius 2 is 2.18 bits per heavy atom. The molecule has 0 fully saturated rings. The first-order valence-electron chi connectivity index (χ1n) is 5.67. The monoisotopic (exact) mass is 250 g/mol. The molecule has 1 N–H and O–H groups in total. The maximum absolute atomic E-state index is 10.3. The molecule has 3 nitrogen and oxygen atoms in total. The molecule has 1 atom stereocenters. The number of aromatic nitrogens is 2. The summed E-state index contributed by atoms with van der Waals surface area (Å²) in [6.45, 7) is 2.93. The SMILES string of the molecule is CCCn1ccnc1C(O)c1ccccc1Cl. The van der Waals surface area contributed by atoms with E-state index in [2.05, 4.69) is 11.9 Å². The quantitative estimate of drug-likeness (QED) is 0.906. The summed E-state index contributed by atoms with van der Waals surface area (Å²) in [6, 6.07) is 7.29. The minimum absolute atomic E-state index is 0.561. The molecular formula is C13H15ClN2O. The van der Waals surface area contributed by atoms with Gasteiger partial charge in [0.15, 0.2) is 0 Å². The number of aryl methyl sites for hydroxylation is 1. The molecule has 0 bridgehead atoms. The van der Waals surface area contributed by atoms with E-state index >= 15 is 0 Å². The molecule has 90 valence electrons. The van der Waals surface area contributed by atoms with E-state index in [0.29, 0.717) is 16.4 Å². The van der Waals surface area contributed by atoms with Crippen LogP contribution in [0.4, 0.5) is 0 Å². The standard InChI is InChI=1S/C13H15ClN2O/c1-2-8-16-9-7-15-13(16)12(17)10-5-3-4-6-11(10)14/h3-7,9,12,17H,2,8H2,1H3. The molecule has 0 aliphatic rings. The van der Waals surface area contributed by atoms with Gasteiger partial charge in [-0.25, -0.2) is 4.98 Å². The first-order chi connectivity index (χ1) is 8.24. The molecule has 2 rings (SSSR count). The van der Waals surface area contributed by atoms with Gasteiger partial charge in [0.05, 0.1) is 0 Å². The maximum atomic E-state index is 10.3. The normalized spacial score (nSPS) is 12.6. The minimum atomic E-state index is -0.773. The molecular weight excluding hydrogens is 236 g/mol. The summed E-state index contributed by atoms with van der Waals surface area (Å²) in [5, 5.41) is 10.9. The van der Waals surface area contributed by atoms with Crippen molar-refractivity contribution in [1.82, 2.24) is 9.55 Å². The molecule has 0 saturated heterocycles. The van der Waals surface area contributed by atoms with Crippen molar-refractivity contribution in [2.75, 3.05) is 0 Å². The summed E-state index contributed by atoms with van der Waals surface area (Å²) in [5.41, 5.74) is 0.692. The van der Waals surface area contributed by atoms with Crippen LogP contribution < -0.4 is 0 Å². The van der Waals surface area contributed by atoms with E-state index < -0.39 is 6.10 Å². The summed E-state index contributed by atoms with van der Waals surface area (Å²) in [5.74, 6) is 0.639. The van der Waals surface area contributed by atoms with E-state index in [1.165, 1.54) is 0 Å². The molecule has 0 aliphatic carbocycles. The maximum Gasteiger partial charge on any atom is 0.142 e. The fraction of sp³-hybridized carbons (Fsp3) is 0.308. The summed E-state index contributed by atoms with van der Waals surface area (Å²) in [4.78, 5) is 4.21. The Bertz CT molecular complexity index is 496. The number of hydrogen-bond donors (Lipinski definition) is 1. The summed E-state index contributed by atoms with van der Waals surface area (Å²) >= 11 is 6.07. The zero-order valence-corrected chi connectivity index (χ0v) is 10.4. The summed E-state index contributed by atoms with van der Waals surface area (Å²) < 4.78 is 1.95. The third-order valence-electron chi connectivity index (χ3n) is 2.66. The van der Waals surface area contributed by atoms with Crippen molar-refractivity contribution in [3.8, 4) is 0 Å². The van der Waals surface area contributed by atoms with E-state index in [4.69, 9.17) is 11.6 Å². The van der Waals surface area contributed by atoms with Crippen LogP contribution in [0.2, 0.25) is 5.02 Å². The van der Waals surface area contributed by atoms with Gasteiger partial charge in [0.25, 0.3) is 0 Å². The molecule has 4 heteroatoms. The van der Waals surface area contributed by atoms with Gasteiger partial charge < -0.3 is 9.67 Å². The molecule has 1 unspecified atom stereocenters. The lowest BCUT2D eigenvalue weighted by Crippen LogP contribution is -2.10.